The summed E-state index contributed by atoms with van der Waals surface area (Å²) in [5.74, 6) is -4.38. The van der Waals surface area contributed by atoms with E-state index in [1.807, 2.05) is 0 Å². The van der Waals surface area contributed by atoms with Gasteiger partial charge in [0.05, 0.1) is 17.8 Å². The van der Waals surface area contributed by atoms with E-state index >= 15 is 0 Å². The van der Waals surface area contributed by atoms with Crippen LogP contribution in [0.1, 0.15) is 17.3 Å². The molecule has 88 valence electrons. The fourth-order valence-electron chi connectivity index (χ4n) is 1.73. The Bertz CT molecular complexity index is 554. The topological polar surface area (TPSA) is 54.5 Å². The number of ketones is 2. The van der Waals surface area contributed by atoms with Crippen LogP contribution in [0.15, 0.2) is 12.1 Å². The molecular weight excluding hydrogens is 232 g/mol. The average Bonchev–Trinajstić information content (AvgIpc) is 2.43. The number of hydrogen-bond acceptors (Lipinski definition) is 3. The average molecular weight is 239 g/mol. The summed E-state index contributed by atoms with van der Waals surface area (Å²) in [6.07, 6.45) is 0. The van der Waals surface area contributed by atoms with Crippen LogP contribution >= 0.6 is 0 Å². The second-order valence-corrected chi connectivity index (χ2v) is 3.71. The molecule has 17 heavy (non-hydrogen) atoms. The predicted molar refractivity (Wildman–Crippen MR) is 53.7 cm³/mol. The van der Waals surface area contributed by atoms with Gasteiger partial charge in [-0.1, -0.05) is 0 Å². The summed E-state index contributed by atoms with van der Waals surface area (Å²) in [6, 6.07) is 1.36. The highest BCUT2D eigenvalue weighted by Gasteiger charge is 2.39. The van der Waals surface area contributed by atoms with Gasteiger partial charge in [0.15, 0.2) is 5.82 Å². The molecule has 0 fully saturated rings. The number of benzene rings is 1. The first-order chi connectivity index (χ1) is 7.91. The first-order valence-electron chi connectivity index (χ1n) is 4.76. The van der Waals surface area contributed by atoms with Crippen LogP contribution in [0.25, 0.3) is 0 Å². The maximum Gasteiger partial charge on any atom is 0.299 e. The molecule has 1 aromatic rings. The lowest BCUT2D eigenvalue weighted by Crippen LogP contribution is -2.34. The maximum atomic E-state index is 13.5. The minimum Gasteiger partial charge on any atom is -0.298 e. The van der Waals surface area contributed by atoms with Crippen molar-refractivity contribution in [3.8, 4) is 0 Å². The van der Waals surface area contributed by atoms with Gasteiger partial charge in [-0.25, -0.2) is 8.78 Å². The number of carbonyl (C=O) groups excluding carboxylic acids is 3. The van der Waals surface area contributed by atoms with E-state index in [0.29, 0.717) is 6.07 Å². The molecular formula is C11H7F2NO3. The van der Waals surface area contributed by atoms with E-state index in [1.165, 1.54) is 6.92 Å². The summed E-state index contributed by atoms with van der Waals surface area (Å²) < 4.78 is 26.4. The Hall–Kier alpha value is -2.11. The molecule has 0 spiro atoms. The van der Waals surface area contributed by atoms with E-state index in [4.69, 9.17) is 0 Å². The molecule has 1 aromatic carbocycles. The van der Waals surface area contributed by atoms with Gasteiger partial charge in [-0.15, -0.1) is 0 Å². The predicted octanol–water partition coefficient (Wildman–Crippen LogP) is 1.08. The third-order valence-corrected chi connectivity index (χ3v) is 2.36. The Labute approximate surface area is 94.8 Å². The largest absolute Gasteiger partial charge is 0.299 e. The lowest BCUT2D eigenvalue weighted by Gasteiger charge is -2.14. The number of rotatable bonds is 2. The van der Waals surface area contributed by atoms with Gasteiger partial charge in [-0.3, -0.25) is 19.3 Å². The monoisotopic (exact) mass is 239 g/mol. The Morgan fingerprint density at radius 1 is 1.29 bits per heavy atom. The van der Waals surface area contributed by atoms with Gasteiger partial charge in [0.1, 0.15) is 11.6 Å². The number of Topliss-reactive ketones (excluding diaryl/α,β-unsaturated/α-hetero) is 2. The van der Waals surface area contributed by atoms with Crippen molar-refractivity contribution < 1.29 is 23.2 Å². The Balaban J connectivity index is 2.60. The third kappa shape index (κ3) is 1.71. The summed E-state index contributed by atoms with van der Waals surface area (Å²) in [5.41, 5.74) is -0.662. The molecule has 1 aliphatic heterocycles. The van der Waals surface area contributed by atoms with Gasteiger partial charge in [-0.2, -0.15) is 0 Å². The van der Waals surface area contributed by atoms with Crippen LogP contribution in [-0.4, -0.2) is 24.0 Å². The van der Waals surface area contributed by atoms with Crippen LogP contribution in [0, 0.1) is 11.6 Å². The molecule has 0 unspecified atom stereocenters. The minimum absolute atomic E-state index is 0.323. The molecule has 0 aromatic heterocycles. The summed E-state index contributed by atoms with van der Waals surface area (Å²) in [5, 5.41) is 0. The van der Waals surface area contributed by atoms with Crippen LogP contribution in [0.2, 0.25) is 0 Å². The van der Waals surface area contributed by atoms with E-state index in [1.54, 1.807) is 0 Å². The van der Waals surface area contributed by atoms with Gasteiger partial charge in [0, 0.05) is 6.07 Å². The smallest absolute Gasteiger partial charge is 0.298 e. The Morgan fingerprint density at radius 3 is 2.53 bits per heavy atom. The van der Waals surface area contributed by atoms with Crippen LogP contribution in [0.4, 0.5) is 14.5 Å². The summed E-state index contributed by atoms with van der Waals surface area (Å²) in [4.78, 5) is 34.6. The number of nitrogens with zero attached hydrogens (tertiary/aromatic N) is 1. The molecule has 0 saturated carbocycles. The van der Waals surface area contributed by atoms with Crippen LogP contribution in [0.5, 0.6) is 0 Å². The van der Waals surface area contributed by atoms with Crippen molar-refractivity contribution in [3.05, 3.63) is 29.3 Å². The second kappa shape index (κ2) is 3.73. The highest BCUT2D eigenvalue weighted by Crippen LogP contribution is 2.32. The number of halogens is 2. The highest BCUT2D eigenvalue weighted by molar-refractivity contribution is 6.52. The van der Waals surface area contributed by atoms with Gasteiger partial charge in [0.2, 0.25) is 0 Å². The molecule has 0 saturated heterocycles. The van der Waals surface area contributed by atoms with Crippen molar-refractivity contribution in [2.45, 2.75) is 6.92 Å². The number of anilines is 1. The van der Waals surface area contributed by atoms with Gasteiger partial charge >= 0.3 is 0 Å². The molecule has 0 aliphatic carbocycles. The van der Waals surface area contributed by atoms with Crippen LogP contribution in [0.3, 0.4) is 0 Å². The van der Waals surface area contributed by atoms with Crippen molar-refractivity contribution in [2.75, 3.05) is 11.4 Å². The zero-order chi connectivity index (χ0) is 12.7. The highest BCUT2D eigenvalue weighted by atomic mass is 19.1. The number of amides is 1. The third-order valence-electron chi connectivity index (χ3n) is 2.36. The number of carbonyl (C=O) groups is 3. The number of hydrogen-bond donors (Lipinski definition) is 0. The molecule has 2 rings (SSSR count). The molecule has 4 nitrogen and oxygen atoms in total. The van der Waals surface area contributed by atoms with E-state index < -0.39 is 35.7 Å². The minimum atomic E-state index is -1.03. The standard InChI is InChI=1S/C11H7F2NO3/c1-5(15)4-14-9-7(10(16)11(14)17)2-6(12)3-8(9)13/h2-3H,4H2,1H3. The van der Waals surface area contributed by atoms with Crippen molar-refractivity contribution in [2.24, 2.45) is 0 Å². The van der Waals surface area contributed by atoms with E-state index in [9.17, 15) is 23.2 Å². The fourth-order valence-corrected chi connectivity index (χ4v) is 1.73. The van der Waals surface area contributed by atoms with Crippen LogP contribution in [-0.2, 0) is 9.59 Å². The molecule has 0 N–H and O–H groups in total. The van der Waals surface area contributed by atoms with Gasteiger partial charge < -0.3 is 0 Å². The fraction of sp³-hybridized carbons (Fsp3) is 0.182. The maximum absolute atomic E-state index is 13.5. The molecule has 0 atom stereocenters. The SMILES string of the molecule is CC(=O)CN1C(=O)C(=O)c2cc(F)cc(F)c21. The van der Waals surface area contributed by atoms with Crippen molar-refractivity contribution in [3.63, 3.8) is 0 Å². The summed E-state index contributed by atoms with van der Waals surface area (Å²) >= 11 is 0. The molecule has 1 aliphatic rings. The Kier molecular flexibility index (Phi) is 2.49. The zero-order valence-corrected chi connectivity index (χ0v) is 8.79. The first kappa shape index (κ1) is 11.4. The lowest BCUT2D eigenvalue weighted by atomic mass is 10.1. The van der Waals surface area contributed by atoms with E-state index in [2.05, 4.69) is 0 Å². The van der Waals surface area contributed by atoms with Gasteiger partial charge in [0.25, 0.3) is 11.7 Å². The molecule has 1 amide bonds. The quantitative estimate of drug-likeness (QED) is 0.726. The summed E-state index contributed by atoms with van der Waals surface area (Å²) in [6.45, 7) is 0.803. The van der Waals surface area contributed by atoms with Gasteiger partial charge in [-0.05, 0) is 13.0 Å². The van der Waals surface area contributed by atoms with Crippen molar-refractivity contribution in [1.82, 2.24) is 0 Å². The second-order valence-electron chi connectivity index (χ2n) is 3.71. The van der Waals surface area contributed by atoms with Crippen molar-refractivity contribution in [1.29, 1.82) is 0 Å². The normalized spacial score (nSPS) is 14.2. The van der Waals surface area contributed by atoms with Crippen molar-refractivity contribution >= 4 is 23.2 Å². The zero-order valence-electron chi connectivity index (χ0n) is 8.79. The van der Waals surface area contributed by atoms with E-state index in [-0.39, 0.29) is 11.3 Å². The molecule has 1 heterocycles. The molecule has 0 bridgehead atoms. The molecule has 6 heteroatoms. The lowest BCUT2D eigenvalue weighted by molar-refractivity contribution is -0.119. The van der Waals surface area contributed by atoms with E-state index in [0.717, 1.165) is 11.0 Å². The Morgan fingerprint density at radius 2 is 1.94 bits per heavy atom. The molecule has 0 radical (unpaired) electrons. The van der Waals surface area contributed by atoms with Crippen LogP contribution < -0.4 is 4.90 Å². The number of fused-ring (bicyclic) bond motifs is 1. The first-order valence-corrected chi connectivity index (χ1v) is 4.76. The summed E-state index contributed by atoms with van der Waals surface area (Å²) in [7, 11) is 0.